The maximum absolute atomic E-state index is 12.5. The van der Waals surface area contributed by atoms with E-state index in [-0.39, 0.29) is 6.04 Å². The van der Waals surface area contributed by atoms with Crippen molar-refractivity contribution in [2.45, 2.75) is 43.8 Å². The summed E-state index contributed by atoms with van der Waals surface area (Å²) in [5, 5.41) is 3.52. The second-order valence-electron chi connectivity index (χ2n) is 5.81. The zero-order chi connectivity index (χ0) is 15.3. The number of hydrogen-bond donors (Lipinski definition) is 2. The van der Waals surface area contributed by atoms with Gasteiger partial charge in [-0.05, 0) is 25.7 Å². The minimum Gasteiger partial charge on any atom is -0.383 e. The van der Waals surface area contributed by atoms with Crippen LogP contribution in [0.5, 0.6) is 0 Å². The first kappa shape index (κ1) is 17.1. The molecule has 0 saturated carbocycles. The summed E-state index contributed by atoms with van der Waals surface area (Å²) in [7, 11) is -0.353. The minimum atomic E-state index is -3.49. The highest BCUT2D eigenvalue weighted by Gasteiger charge is 2.36. The normalized spacial score (nSPS) is 29.2. The van der Waals surface area contributed by atoms with Crippen LogP contribution in [0.4, 0.5) is 0 Å². The Morgan fingerprint density at radius 1 is 1.10 bits per heavy atom. The summed E-state index contributed by atoms with van der Waals surface area (Å²) in [6.45, 7) is 1.43. The Morgan fingerprint density at radius 3 is 2.10 bits per heavy atom. The van der Waals surface area contributed by atoms with Crippen LogP contribution in [0.1, 0.15) is 25.7 Å². The predicted octanol–water partition coefficient (Wildman–Crippen LogP) is -0.301. The second kappa shape index (κ2) is 7.85. The van der Waals surface area contributed by atoms with Crippen molar-refractivity contribution in [3.63, 3.8) is 0 Å². The molecule has 2 rings (SSSR count). The molecule has 0 aliphatic carbocycles. The molecule has 0 aromatic carbocycles. The second-order valence-corrected chi connectivity index (χ2v) is 7.52. The van der Waals surface area contributed by atoms with E-state index in [0.717, 1.165) is 25.7 Å². The maximum atomic E-state index is 12.5. The van der Waals surface area contributed by atoms with Crippen LogP contribution in [0.25, 0.3) is 0 Å². The van der Waals surface area contributed by atoms with Crippen molar-refractivity contribution in [1.29, 1.82) is 0 Å². The van der Waals surface area contributed by atoms with E-state index >= 15 is 0 Å². The molecule has 0 amide bonds. The molecule has 21 heavy (non-hydrogen) atoms. The zero-order valence-electron chi connectivity index (χ0n) is 12.9. The van der Waals surface area contributed by atoms with E-state index in [0.29, 0.717) is 38.4 Å². The van der Waals surface area contributed by atoms with Crippen LogP contribution < -0.4 is 10.0 Å². The van der Waals surface area contributed by atoms with Crippen LogP contribution in [0.3, 0.4) is 0 Å². The fourth-order valence-electron chi connectivity index (χ4n) is 3.18. The van der Waals surface area contributed by atoms with Crippen molar-refractivity contribution >= 4 is 10.2 Å². The third-order valence-corrected chi connectivity index (χ3v) is 5.89. The molecule has 7 nitrogen and oxygen atoms in total. The lowest BCUT2D eigenvalue weighted by atomic mass is 10.0. The van der Waals surface area contributed by atoms with Gasteiger partial charge in [-0.2, -0.15) is 17.4 Å². The van der Waals surface area contributed by atoms with Gasteiger partial charge < -0.3 is 14.8 Å². The molecule has 2 N–H and O–H groups in total. The van der Waals surface area contributed by atoms with Crippen LogP contribution in [0, 0.1) is 0 Å². The molecule has 124 valence electrons. The molecule has 2 saturated heterocycles. The Hall–Kier alpha value is -0.250. The number of nitrogens with zero attached hydrogens (tertiary/aromatic N) is 1. The van der Waals surface area contributed by atoms with Crippen molar-refractivity contribution in [2.75, 3.05) is 40.5 Å². The first-order valence-corrected chi connectivity index (χ1v) is 9.00. The van der Waals surface area contributed by atoms with E-state index < -0.39 is 10.2 Å². The van der Waals surface area contributed by atoms with Crippen LogP contribution in [-0.4, -0.2) is 71.4 Å². The van der Waals surface area contributed by atoms with E-state index in [1.54, 1.807) is 14.2 Å². The predicted molar refractivity (Wildman–Crippen MR) is 80.3 cm³/mol. The molecule has 0 aromatic rings. The third-order valence-electron chi connectivity index (χ3n) is 4.22. The lowest BCUT2D eigenvalue weighted by Crippen LogP contribution is -2.52. The van der Waals surface area contributed by atoms with Crippen molar-refractivity contribution in [3.05, 3.63) is 0 Å². The SMILES string of the molecule is COCCN(CCOC)S(=O)(=O)NC1CC2CCC(C1)N2. The van der Waals surface area contributed by atoms with Gasteiger partial charge in [-0.15, -0.1) is 0 Å². The van der Waals surface area contributed by atoms with Crippen LogP contribution >= 0.6 is 0 Å². The Bertz CT molecular complexity index is 398. The van der Waals surface area contributed by atoms with Crippen LogP contribution in [-0.2, 0) is 19.7 Å². The molecule has 2 atom stereocenters. The molecule has 0 spiro atoms. The average molecular weight is 321 g/mol. The summed E-state index contributed by atoms with van der Waals surface area (Å²) < 4.78 is 39.3. The number of rotatable bonds is 9. The average Bonchev–Trinajstić information content (AvgIpc) is 2.77. The monoisotopic (exact) mass is 321 g/mol. The molecule has 2 bridgehead atoms. The highest BCUT2D eigenvalue weighted by molar-refractivity contribution is 7.87. The van der Waals surface area contributed by atoms with Crippen LogP contribution in [0.2, 0.25) is 0 Å². The number of ether oxygens (including phenoxy) is 2. The molecule has 0 radical (unpaired) electrons. The van der Waals surface area contributed by atoms with Gasteiger partial charge in [0, 0.05) is 45.4 Å². The summed E-state index contributed by atoms with van der Waals surface area (Å²) in [5.41, 5.74) is 0. The largest absolute Gasteiger partial charge is 0.383 e. The van der Waals surface area contributed by atoms with Crippen molar-refractivity contribution in [3.8, 4) is 0 Å². The van der Waals surface area contributed by atoms with Gasteiger partial charge in [0.05, 0.1) is 13.2 Å². The molecular weight excluding hydrogens is 294 g/mol. The summed E-state index contributed by atoms with van der Waals surface area (Å²) in [6, 6.07) is 0.951. The zero-order valence-corrected chi connectivity index (χ0v) is 13.7. The number of piperidine rings is 1. The minimum absolute atomic E-state index is 0.0290. The van der Waals surface area contributed by atoms with Gasteiger partial charge in [-0.1, -0.05) is 0 Å². The Balaban J connectivity index is 1.93. The molecule has 2 aliphatic rings. The smallest absolute Gasteiger partial charge is 0.279 e. The van der Waals surface area contributed by atoms with Crippen LogP contribution in [0.15, 0.2) is 0 Å². The number of fused-ring (bicyclic) bond motifs is 2. The fraction of sp³-hybridized carbons (Fsp3) is 1.00. The van der Waals surface area contributed by atoms with Gasteiger partial charge in [0.15, 0.2) is 0 Å². The first-order chi connectivity index (χ1) is 10.0. The molecule has 2 unspecified atom stereocenters. The van der Waals surface area contributed by atoms with E-state index in [2.05, 4.69) is 10.0 Å². The summed E-state index contributed by atoms with van der Waals surface area (Å²) in [4.78, 5) is 0. The molecule has 0 aromatic heterocycles. The highest BCUT2D eigenvalue weighted by atomic mass is 32.2. The Morgan fingerprint density at radius 2 is 1.62 bits per heavy atom. The lowest BCUT2D eigenvalue weighted by Gasteiger charge is -2.31. The molecule has 8 heteroatoms. The maximum Gasteiger partial charge on any atom is 0.279 e. The van der Waals surface area contributed by atoms with Crippen molar-refractivity contribution in [1.82, 2.24) is 14.3 Å². The lowest BCUT2D eigenvalue weighted by molar-refractivity contribution is 0.149. The van der Waals surface area contributed by atoms with Gasteiger partial charge >= 0.3 is 0 Å². The highest BCUT2D eigenvalue weighted by Crippen LogP contribution is 2.27. The summed E-state index contributed by atoms with van der Waals surface area (Å²) >= 11 is 0. The van der Waals surface area contributed by atoms with Gasteiger partial charge in [-0.3, -0.25) is 0 Å². The Kier molecular flexibility index (Phi) is 6.39. The number of methoxy groups -OCH3 is 2. The summed E-state index contributed by atoms with van der Waals surface area (Å²) in [6.07, 6.45) is 4.05. The third kappa shape index (κ3) is 4.87. The van der Waals surface area contributed by atoms with E-state index in [1.165, 1.54) is 4.31 Å². The van der Waals surface area contributed by atoms with Crippen molar-refractivity contribution < 1.29 is 17.9 Å². The fourth-order valence-corrected chi connectivity index (χ4v) is 4.57. The summed E-state index contributed by atoms with van der Waals surface area (Å²) in [5.74, 6) is 0. The van der Waals surface area contributed by atoms with Crippen molar-refractivity contribution in [2.24, 2.45) is 0 Å². The molecule has 2 aliphatic heterocycles. The quantitative estimate of drug-likeness (QED) is 0.609. The number of hydrogen-bond acceptors (Lipinski definition) is 5. The van der Waals surface area contributed by atoms with Gasteiger partial charge in [0.2, 0.25) is 0 Å². The van der Waals surface area contributed by atoms with Gasteiger partial charge in [0.25, 0.3) is 10.2 Å². The Labute approximate surface area is 127 Å². The van der Waals surface area contributed by atoms with Gasteiger partial charge in [-0.25, -0.2) is 0 Å². The topological polar surface area (TPSA) is 79.9 Å². The molecule has 2 fully saturated rings. The molecular formula is C13H27N3O4S. The standard InChI is InChI=1S/C13H27N3O4S/c1-19-7-5-16(6-8-20-2)21(17,18)15-13-9-11-3-4-12(10-13)14-11/h11-15H,3-10H2,1-2H3. The van der Waals surface area contributed by atoms with E-state index in [1.807, 2.05) is 0 Å². The first-order valence-electron chi connectivity index (χ1n) is 7.56. The molecule has 2 heterocycles. The van der Waals surface area contributed by atoms with Gasteiger partial charge in [0.1, 0.15) is 0 Å². The van der Waals surface area contributed by atoms with E-state index in [9.17, 15) is 8.42 Å². The number of nitrogens with one attached hydrogen (secondary N) is 2. The van der Waals surface area contributed by atoms with E-state index in [4.69, 9.17) is 9.47 Å².